The molecule has 7 nitrogen and oxygen atoms in total. The van der Waals surface area contributed by atoms with Gasteiger partial charge < -0.3 is 9.64 Å². The van der Waals surface area contributed by atoms with Crippen molar-refractivity contribution >= 4 is 15.9 Å². The second-order valence-electron chi connectivity index (χ2n) is 8.15. The van der Waals surface area contributed by atoms with E-state index in [2.05, 4.69) is 4.98 Å². The van der Waals surface area contributed by atoms with Gasteiger partial charge in [-0.2, -0.15) is 30.6 Å². The number of halogens is 6. The maximum atomic E-state index is 13.1. The van der Waals surface area contributed by atoms with E-state index in [0.29, 0.717) is 18.3 Å². The quantitative estimate of drug-likeness (QED) is 0.573. The first-order valence-corrected chi connectivity index (χ1v) is 11.9. The van der Waals surface area contributed by atoms with E-state index in [1.807, 2.05) is 0 Å². The summed E-state index contributed by atoms with van der Waals surface area (Å²) in [5.41, 5.74) is -1.95. The Kier molecular flexibility index (Phi) is 6.47. The van der Waals surface area contributed by atoms with Crippen LogP contribution in [0, 0.1) is 0 Å². The Balaban J connectivity index is 1.47. The summed E-state index contributed by atoms with van der Waals surface area (Å²) in [6.07, 6.45) is -9.29. The molecule has 0 unspecified atom stereocenters. The molecule has 2 saturated heterocycles. The fraction of sp³-hybridized carbons (Fsp3) is 0.429. The highest BCUT2D eigenvalue weighted by atomic mass is 32.2. The predicted octanol–water partition coefficient (Wildman–Crippen LogP) is 3.56. The Morgan fingerprint density at radius 1 is 0.914 bits per heavy atom. The summed E-state index contributed by atoms with van der Waals surface area (Å²) in [5, 5.41) is 0. The molecule has 14 heteroatoms. The van der Waals surface area contributed by atoms with Crippen molar-refractivity contribution in [2.24, 2.45) is 0 Å². The molecular weight excluding hydrogens is 504 g/mol. The van der Waals surface area contributed by atoms with Crippen LogP contribution >= 0.6 is 0 Å². The molecule has 35 heavy (non-hydrogen) atoms. The number of amides is 1. The fourth-order valence-electron chi connectivity index (χ4n) is 4.09. The number of benzene rings is 1. The molecule has 1 amide bonds. The minimum absolute atomic E-state index is 0.0651. The number of aromatic nitrogens is 1. The molecule has 4 rings (SSSR count). The van der Waals surface area contributed by atoms with Crippen molar-refractivity contribution in [2.75, 3.05) is 19.6 Å². The van der Waals surface area contributed by atoms with Crippen LogP contribution in [0.5, 0.6) is 5.88 Å². The summed E-state index contributed by atoms with van der Waals surface area (Å²) >= 11 is 0. The SMILES string of the molecule is O=C1[C@H](Oc2ccc(C(F)(F)F)cn2)C[C@@H]2CN(S(=O)(=O)c3ccc(C(F)(F)F)cc3)CCCN12. The minimum Gasteiger partial charge on any atom is -0.464 e. The molecule has 2 aliphatic heterocycles. The number of hydrogen-bond donors (Lipinski definition) is 0. The van der Waals surface area contributed by atoms with Crippen LogP contribution in [-0.2, 0) is 27.2 Å². The molecule has 2 atom stereocenters. The first-order valence-electron chi connectivity index (χ1n) is 10.4. The zero-order chi connectivity index (χ0) is 25.6. The van der Waals surface area contributed by atoms with Gasteiger partial charge in [0.2, 0.25) is 15.9 Å². The third kappa shape index (κ3) is 5.22. The zero-order valence-electron chi connectivity index (χ0n) is 17.9. The minimum atomic E-state index is -4.60. The second kappa shape index (κ2) is 8.97. The lowest BCUT2D eigenvalue weighted by Crippen LogP contribution is -2.40. The molecule has 0 radical (unpaired) electrons. The van der Waals surface area contributed by atoms with Gasteiger partial charge in [0.05, 0.1) is 16.0 Å². The van der Waals surface area contributed by atoms with Gasteiger partial charge in [0.25, 0.3) is 5.91 Å². The summed E-state index contributed by atoms with van der Waals surface area (Å²) in [5.74, 6) is -0.617. The number of hydrogen-bond acceptors (Lipinski definition) is 5. The summed E-state index contributed by atoms with van der Waals surface area (Å²) in [6, 6.07) is 4.37. The highest BCUT2D eigenvalue weighted by molar-refractivity contribution is 7.89. The summed E-state index contributed by atoms with van der Waals surface area (Å²) in [6.45, 7) is 0.188. The Labute approximate surface area is 196 Å². The fourth-order valence-corrected chi connectivity index (χ4v) is 5.61. The number of pyridine rings is 1. The number of alkyl halides is 6. The normalized spacial score (nSPS) is 22.1. The van der Waals surface area contributed by atoms with E-state index in [1.165, 1.54) is 4.90 Å². The van der Waals surface area contributed by atoms with E-state index in [9.17, 15) is 39.6 Å². The van der Waals surface area contributed by atoms with Crippen LogP contribution in [0.2, 0.25) is 0 Å². The molecule has 2 fully saturated rings. The summed E-state index contributed by atoms with van der Waals surface area (Å²) in [7, 11) is -4.13. The van der Waals surface area contributed by atoms with E-state index in [0.717, 1.165) is 28.6 Å². The number of sulfonamides is 1. The molecule has 1 aromatic heterocycles. The first-order chi connectivity index (χ1) is 16.3. The molecule has 0 saturated carbocycles. The topological polar surface area (TPSA) is 79.8 Å². The number of ether oxygens (including phenoxy) is 1. The third-order valence-electron chi connectivity index (χ3n) is 5.85. The van der Waals surface area contributed by atoms with Crippen LogP contribution in [-0.4, -0.2) is 60.3 Å². The van der Waals surface area contributed by atoms with E-state index < -0.39 is 51.6 Å². The second-order valence-corrected chi connectivity index (χ2v) is 10.1. The highest BCUT2D eigenvalue weighted by Crippen LogP contribution is 2.33. The van der Waals surface area contributed by atoms with Crippen molar-refractivity contribution in [1.82, 2.24) is 14.2 Å². The first kappa shape index (κ1) is 25.2. The summed E-state index contributed by atoms with van der Waals surface area (Å²) < 4.78 is 109. The van der Waals surface area contributed by atoms with Gasteiger partial charge in [-0.15, -0.1) is 0 Å². The van der Waals surface area contributed by atoms with Gasteiger partial charge in [0.15, 0.2) is 6.10 Å². The van der Waals surface area contributed by atoms with Crippen molar-refractivity contribution in [1.29, 1.82) is 0 Å². The van der Waals surface area contributed by atoms with Crippen LogP contribution in [0.1, 0.15) is 24.0 Å². The van der Waals surface area contributed by atoms with Crippen molar-refractivity contribution in [2.45, 2.75) is 42.2 Å². The highest BCUT2D eigenvalue weighted by Gasteiger charge is 2.45. The number of carbonyl (C=O) groups is 1. The maximum Gasteiger partial charge on any atom is 0.417 e. The van der Waals surface area contributed by atoms with Gasteiger partial charge in [0, 0.05) is 44.4 Å². The Hall–Kier alpha value is -2.87. The van der Waals surface area contributed by atoms with Gasteiger partial charge in [0.1, 0.15) is 0 Å². The molecule has 0 bridgehead atoms. The number of rotatable bonds is 4. The van der Waals surface area contributed by atoms with Crippen molar-refractivity contribution in [3.8, 4) is 5.88 Å². The van der Waals surface area contributed by atoms with Crippen LogP contribution in [0.15, 0.2) is 47.5 Å². The lowest BCUT2D eigenvalue weighted by Gasteiger charge is -2.25. The largest absolute Gasteiger partial charge is 0.464 e. The third-order valence-corrected chi connectivity index (χ3v) is 7.73. The molecule has 2 aromatic rings. The van der Waals surface area contributed by atoms with Gasteiger partial charge in [-0.3, -0.25) is 4.79 Å². The van der Waals surface area contributed by atoms with Gasteiger partial charge in [-0.05, 0) is 36.8 Å². The lowest BCUT2D eigenvalue weighted by atomic mass is 10.2. The van der Waals surface area contributed by atoms with E-state index in [4.69, 9.17) is 4.74 Å². The molecule has 0 spiro atoms. The van der Waals surface area contributed by atoms with Crippen LogP contribution in [0.25, 0.3) is 0 Å². The molecule has 0 N–H and O–H groups in total. The molecule has 190 valence electrons. The Morgan fingerprint density at radius 2 is 1.54 bits per heavy atom. The number of carbonyl (C=O) groups excluding carboxylic acids is 1. The average molecular weight is 523 g/mol. The molecule has 0 aliphatic carbocycles. The van der Waals surface area contributed by atoms with Crippen LogP contribution < -0.4 is 4.74 Å². The van der Waals surface area contributed by atoms with E-state index in [1.54, 1.807) is 0 Å². The summed E-state index contributed by atoms with van der Waals surface area (Å²) in [4.78, 5) is 17.6. The van der Waals surface area contributed by atoms with Crippen LogP contribution in [0.4, 0.5) is 26.3 Å². The lowest BCUT2D eigenvalue weighted by molar-refractivity contribution is -0.138. The van der Waals surface area contributed by atoms with E-state index in [-0.39, 0.29) is 43.3 Å². The van der Waals surface area contributed by atoms with Crippen molar-refractivity contribution in [3.63, 3.8) is 0 Å². The molecule has 2 aliphatic rings. The number of fused-ring (bicyclic) bond motifs is 1. The molecule has 1 aromatic carbocycles. The van der Waals surface area contributed by atoms with Crippen molar-refractivity contribution in [3.05, 3.63) is 53.7 Å². The monoisotopic (exact) mass is 523 g/mol. The maximum absolute atomic E-state index is 13.1. The predicted molar refractivity (Wildman–Crippen MR) is 109 cm³/mol. The van der Waals surface area contributed by atoms with Crippen LogP contribution in [0.3, 0.4) is 0 Å². The smallest absolute Gasteiger partial charge is 0.417 e. The Bertz CT molecular complexity index is 1180. The standard InChI is InChI=1S/C21H19F6N3O4S/c22-20(23,24)13-2-5-16(6-3-13)35(32,33)29-8-1-9-30-15(12-29)10-17(19(30)31)34-18-7-4-14(11-28-18)21(25,26)27/h2-7,11,15,17H,1,8-10,12H2/t15-,17-/m1/s1. The molecule has 3 heterocycles. The van der Waals surface area contributed by atoms with Gasteiger partial charge in [-0.25, -0.2) is 13.4 Å². The molecular formula is C21H19F6N3O4S. The van der Waals surface area contributed by atoms with Gasteiger partial charge in [-0.1, -0.05) is 0 Å². The Morgan fingerprint density at radius 3 is 2.11 bits per heavy atom. The average Bonchev–Trinajstić information content (AvgIpc) is 2.94. The number of nitrogens with zero attached hydrogens (tertiary/aromatic N) is 3. The van der Waals surface area contributed by atoms with Gasteiger partial charge >= 0.3 is 12.4 Å². The van der Waals surface area contributed by atoms with Crippen molar-refractivity contribution < 1.29 is 44.3 Å². The van der Waals surface area contributed by atoms with E-state index >= 15 is 0 Å². The zero-order valence-corrected chi connectivity index (χ0v) is 18.7.